The summed E-state index contributed by atoms with van der Waals surface area (Å²) in [5, 5.41) is 10.2. The lowest BCUT2D eigenvalue weighted by atomic mass is 10.0. The molecular weight excluding hydrogens is 284 g/mol. The van der Waals surface area contributed by atoms with Crippen LogP contribution in [0.3, 0.4) is 0 Å². The smallest absolute Gasteiger partial charge is 0.204 e. The summed E-state index contributed by atoms with van der Waals surface area (Å²) in [6, 6.07) is 10.5. The molecule has 1 heterocycles. The van der Waals surface area contributed by atoms with Crippen LogP contribution >= 0.6 is 0 Å². The molecule has 0 atom stereocenters. The maximum Gasteiger partial charge on any atom is 0.204 e. The lowest BCUT2D eigenvalue weighted by molar-refractivity contribution is 0.364. The molecule has 0 saturated heterocycles. The summed E-state index contributed by atoms with van der Waals surface area (Å²) >= 11 is 0. The Balaban J connectivity index is 2.41. The fraction of sp³-hybridized carbons (Fsp3) is 0.118. The Morgan fingerprint density at radius 1 is 1.09 bits per heavy atom. The van der Waals surface area contributed by atoms with Gasteiger partial charge < -0.3 is 19.0 Å². The average molecular weight is 298 g/mol. The van der Waals surface area contributed by atoms with E-state index in [1.807, 2.05) is 30.3 Å². The summed E-state index contributed by atoms with van der Waals surface area (Å²) < 4.78 is 15.9. The SMILES string of the molecule is COc1c(O)cc(OC)c2c(=O)c(-c3ccccc3)coc12. The molecule has 5 heteroatoms. The van der Waals surface area contributed by atoms with Gasteiger partial charge in [-0.25, -0.2) is 0 Å². The topological polar surface area (TPSA) is 68.9 Å². The number of phenols is 1. The first-order valence-electron chi connectivity index (χ1n) is 6.62. The number of hydrogen-bond donors (Lipinski definition) is 1. The van der Waals surface area contributed by atoms with E-state index in [4.69, 9.17) is 13.9 Å². The molecule has 0 radical (unpaired) electrons. The molecule has 0 unspecified atom stereocenters. The van der Waals surface area contributed by atoms with Gasteiger partial charge in [0.2, 0.25) is 11.2 Å². The van der Waals surface area contributed by atoms with E-state index >= 15 is 0 Å². The molecule has 0 fully saturated rings. The highest BCUT2D eigenvalue weighted by Crippen LogP contribution is 2.39. The Bertz CT molecular complexity index is 881. The van der Waals surface area contributed by atoms with Crippen molar-refractivity contribution >= 4 is 11.0 Å². The normalized spacial score (nSPS) is 10.6. The predicted octanol–water partition coefficient (Wildman–Crippen LogP) is 3.18. The van der Waals surface area contributed by atoms with E-state index in [1.54, 1.807) is 0 Å². The molecule has 3 aromatic rings. The van der Waals surface area contributed by atoms with Gasteiger partial charge in [-0.1, -0.05) is 30.3 Å². The van der Waals surface area contributed by atoms with Gasteiger partial charge in [-0.2, -0.15) is 0 Å². The quantitative estimate of drug-likeness (QED) is 0.804. The molecule has 0 aliphatic carbocycles. The van der Waals surface area contributed by atoms with Gasteiger partial charge >= 0.3 is 0 Å². The van der Waals surface area contributed by atoms with Crippen LogP contribution in [-0.2, 0) is 0 Å². The van der Waals surface area contributed by atoms with Crippen molar-refractivity contribution < 1.29 is 19.0 Å². The first-order valence-corrected chi connectivity index (χ1v) is 6.62. The van der Waals surface area contributed by atoms with E-state index in [-0.39, 0.29) is 33.6 Å². The number of phenolic OH excluding ortho intramolecular Hbond substituents is 1. The molecule has 22 heavy (non-hydrogen) atoms. The molecule has 3 rings (SSSR count). The summed E-state index contributed by atoms with van der Waals surface area (Å²) in [6.07, 6.45) is 1.36. The minimum Gasteiger partial charge on any atom is -0.504 e. The van der Waals surface area contributed by atoms with Gasteiger partial charge in [0.25, 0.3) is 0 Å². The molecule has 5 nitrogen and oxygen atoms in total. The third-order valence-electron chi connectivity index (χ3n) is 3.46. The number of fused-ring (bicyclic) bond motifs is 1. The number of methoxy groups -OCH3 is 2. The van der Waals surface area contributed by atoms with E-state index in [1.165, 1.54) is 26.5 Å². The number of ether oxygens (including phenoxy) is 2. The zero-order valence-corrected chi connectivity index (χ0v) is 12.1. The molecule has 0 aliphatic rings. The Hall–Kier alpha value is -2.95. The number of hydrogen-bond acceptors (Lipinski definition) is 5. The Labute approximate surface area is 126 Å². The van der Waals surface area contributed by atoms with Crippen molar-refractivity contribution in [2.75, 3.05) is 14.2 Å². The zero-order chi connectivity index (χ0) is 15.7. The van der Waals surface area contributed by atoms with Crippen molar-refractivity contribution in [1.82, 2.24) is 0 Å². The second kappa shape index (κ2) is 5.44. The lowest BCUT2D eigenvalue weighted by Gasteiger charge is -2.11. The van der Waals surface area contributed by atoms with Gasteiger partial charge in [0.1, 0.15) is 17.4 Å². The Kier molecular flexibility index (Phi) is 3.47. The third kappa shape index (κ3) is 2.07. The second-order valence-electron chi connectivity index (χ2n) is 4.68. The molecule has 0 saturated carbocycles. The lowest BCUT2D eigenvalue weighted by Crippen LogP contribution is -2.07. The number of benzene rings is 2. The van der Waals surface area contributed by atoms with E-state index in [2.05, 4.69) is 0 Å². The van der Waals surface area contributed by atoms with Gasteiger partial charge in [-0.15, -0.1) is 0 Å². The summed E-state index contributed by atoms with van der Waals surface area (Å²) in [7, 11) is 2.82. The molecular formula is C17H14O5. The van der Waals surface area contributed by atoms with E-state index < -0.39 is 0 Å². The van der Waals surface area contributed by atoms with Crippen LogP contribution in [0.5, 0.6) is 17.2 Å². The van der Waals surface area contributed by atoms with Crippen LogP contribution < -0.4 is 14.9 Å². The van der Waals surface area contributed by atoms with Gasteiger partial charge in [0.05, 0.1) is 19.8 Å². The van der Waals surface area contributed by atoms with Crippen molar-refractivity contribution in [3.8, 4) is 28.4 Å². The van der Waals surface area contributed by atoms with Crippen LogP contribution in [0.15, 0.2) is 51.9 Å². The highest BCUT2D eigenvalue weighted by atomic mass is 16.5. The van der Waals surface area contributed by atoms with Crippen LogP contribution in [0, 0.1) is 0 Å². The van der Waals surface area contributed by atoms with Crippen LogP contribution in [0.4, 0.5) is 0 Å². The van der Waals surface area contributed by atoms with Gasteiger partial charge in [-0.3, -0.25) is 4.79 Å². The van der Waals surface area contributed by atoms with Gasteiger partial charge in [-0.05, 0) is 5.56 Å². The van der Waals surface area contributed by atoms with Crippen molar-refractivity contribution in [2.24, 2.45) is 0 Å². The third-order valence-corrected chi connectivity index (χ3v) is 3.46. The molecule has 0 spiro atoms. The first kappa shape index (κ1) is 14.0. The zero-order valence-electron chi connectivity index (χ0n) is 12.1. The minimum absolute atomic E-state index is 0.104. The number of aromatic hydroxyl groups is 1. The van der Waals surface area contributed by atoms with E-state index in [9.17, 15) is 9.90 Å². The first-order chi connectivity index (χ1) is 10.7. The highest BCUT2D eigenvalue weighted by molar-refractivity contribution is 5.93. The average Bonchev–Trinajstić information content (AvgIpc) is 2.55. The molecule has 112 valence electrons. The van der Waals surface area contributed by atoms with E-state index in [0.717, 1.165) is 5.56 Å². The van der Waals surface area contributed by atoms with Gasteiger partial charge in [0, 0.05) is 6.07 Å². The van der Waals surface area contributed by atoms with Gasteiger partial charge in [0.15, 0.2) is 11.3 Å². The fourth-order valence-corrected chi connectivity index (χ4v) is 2.41. The molecule has 1 N–H and O–H groups in total. The molecule has 0 amide bonds. The van der Waals surface area contributed by atoms with Crippen LogP contribution in [0.2, 0.25) is 0 Å². The standard InChI is InChI=1S/C17H14O5/c1-20-13-8-12(18)16(21-2)17-14(13)15(19)11(9-22-17)10-6-4-3-5-7-10/h3-9,18H,1-2H3. The van der Waals surface area contributed by atoms with E-state index in [0.29, 0.717) is 5.56 Å². The summed E-state index contributed by atoms with van der Waals surface area (Å²) in [5.74, 6) is 0.190. The monoisotopic (exact) mass is 298 g/mol. The Morgan fingerprint density at radius 2 is 1.82 bits per heavy atom. The largest absolute Gasteiger partial charge is 0.504 e. The maximum absolute atomic E-state index is 12.8. The van der Waals surface area contributed by atoms with Crippen molar-refractivity contribution in [3.05, 3.63) is 52.9 Å². The minimum atomic E-state index is -0.248. The molecule has 2 aromatic carbocycles. The van der Waals surface area contributed by atoms with Crippen molar-refractivity contribution in [1.29, 1.82) is 0 Å². The second-order valence-corrected chi connectivity index (χ2v) is 4.68. The molecule has 0 bridgehead atoms. The number of rotatable bonds is 3. The molecule has 0 aliphatic heterocycles. The highest BCUT2D eigenvalue weighted by Gasteiger charge is 2.20. The molecule has 1 aromatic heterocycles. The van der Waals surface area contributed by atoms with Crippen LogP contribution in [-0.4, -0.2) is 19.3 Å². The van der Waals surface area contributed by atoms with Crippen LogP contribution in [0.1, 0.15) is 0 Å². The van der Waals surface area contributed by atoms with Crippen molar-refractivity contribution in [3.63, 3.8) is 0 Å². The van der Waals surface area contributed by atoms with Crippen LogP contribution in [0.25, 0.3) is 22.1 Å². The van der Waals surface area contributed by atoms with Crippen molar-refractivity contribution in [2.45, 2.75) is 0 Å². The predicted molar refractivity (Wildman–Crippen MR) is 82.7 cm³/mol. The summed E-state index contributed by atoms with van der Waals surface area (Å²) in [6.45, 7) is 0. The summed E-state index contributed by atoms with van der Waals surface area (Å²) in [4.78, 5) is 12.8. The summed E-state index contributed by atoms with van der Waals surface area (Å²) in [5.41, 5.74) is 1.07. The fourth-order valence-electron chi connectivity index (χ4n) is 2.41. The Morgan fingerprint density at radius 3 is 2.45 bits per heavy atom. The maximum atomic E-state index is 12.8.